The van der Waals surface area contributed by atoms with Crippen LogP contribution in [-0.4, -0.2) is 13.1 Å². The summed E-state index contributed by atoms with van der Waals surface area (Å²) in [5.41, 5.74) is -3.70. The molecule has 0 aliphatic heterocycles. The predicted molar refractivity (Wildman–Crippen MR) is 59.3 cm³/mol. The van der Waals surface area contributed by atoms with E-state index in [-0.39, 0.29) is 18.4 Å². The summed E-state index contributed by atoms with van der Waals surface area (Å²) in [4.78, 5) is 11.6. The van der Waals surface area contributed by atoms with E-state index in [1.807, 2.05) is 0 Å². The van der Waals surface area contributed by atoms with Crippen LogP contribution >= 0.6 is 0 Å². The van der Waals surface area contributed by atoms with Gasteiger partial charge in [0.2, 0.25) is 0 Å². The Morgan fingerprint density at radius 1 is 1.40 bits per heavy atom. The highest BCUT2D eigenvalue weighted by Gasteiger charge is 2.51. The van der Waals surface area contributed by atoms with E-state index in [4.69, 9.17) is 5.26 Å². The second-order valence-corrected chi connectivity index (χ2v) is 4.53. The van der Waals surface area contributed by atoms with Crippen molar-refractivity contribution in [2.75, 3.05) is 7.11 Å². The highest BCUT2D eigenvalue weighted by molar-refractivity contribution is 5.92. The molecule has 3 nitrogen and oxygen atoms in total. The van der Waals surface area contributed by atoms with Gasteiger partial charge in [0.1, 0.15) is 5.82 Å². The highest BCUT2D eigenvalue weighted by Crippen LogP contribution is 2.51. The number of rotatable bonds is 2. The smallest absolute Gasteiger partial charge is 0.419 e. The van der Waals surface area contributed by atoms with E-state index in [1.165, 1.54) is 0 Å². The lowest BCUT2D eigenvalue weighted by atomic mass is 9.89. The Morgan fingerprint density at radius 2 is 2.00 bits per heavy atom. The van der Waals surface area contributed by atoms with Gasteiger partial charge in [0, 0.05) is 5.56 Å². The molecule has 1 saturated carbocycles. The molecule has 0 heterocycles. The summed E-state index contributed by atoms with van der Waals surface area (Å²) in [7, 11) is 1.04. The van der Waals surface area contributed by atoms with Crippen LogP contribution in [0.1, 0.15) is 34.3 Å². The minimum atomic E-state index is -4.89. The first-order valence-corrected chi connectivity index (χ1v) is 5.66. The van der Waals surface area contributed by atoms with Gasteiger partial charge in [-0.05, 0) is 25.0 Å². The SMILES string of the molecule is COC(=O)c1ccc(C(F)(F)F)c(F)c1C1(C#N)CC1. The van der Waals surface area contributed by atoms with E-state index in [9.17, 15) is 22.4 Å². The van der Waals surface area contributed by atoms with Gasteiger partial charge in [-0.15, -0.1) is 0 Å². The van der Waals surface area contributed by atoms with Gasteiger partial charge < -0.3 is 4.74 Å². The van der Waals surface area contributed by atoms with Gasteiger partial charge in [-0.3, -0.25) is 0 Å². The van der Waals surface area contributed by atoms with E-state index in [0.29, 0.717) is 6.07 Å². The van der Waals surface area contributed by atoms with Crippen LogP contribution in [-0.2, 0) is 16.3 Å². The Kier molecular flexibility index (Phi) is 3.20. The summed E-state index contributed by atoms with van der Waals surface area (Å²) in [6.45, 7) is 0. The fraction of sp³-hybridized carbons (Fsp3) is 0.385. The lowest BCUT2D eigenvalue weighted by Crippen LogP contribution is -2.19. The van der Waals surface area contributed by atoms with Crippen molar-refractivity contribution in [3.63, 3.8) is 0 Å². The van der Waals surface area contributed by atoms with Crippen molar-refractivity contribution >= 4 is 5.97 Å². The van der Waals surface area contributed by atoms with E-state index in [0.717, 1.165) is 13.2 Å². The zero-order valence-electron chi connectivity index (χ0n) is 10.3. The highest BCUT2D eigenvalue weighted by atomic mass is 19.4. The molecule has 7 heteroatoms. The zero-order chi connectivity index (χ0) is 15.1. The van der Waals surface area contributed by atoms with E-state index in [1.54, 1.807) is 6.07 Å². The number of ether oxygens (including phenoxy) is 1. The van der Waals surface area contributed by atoms with Gasteiger partial charge in [-0.2, -0.15) is 18.4 Å². The van der Waals surface area contributed by atoms with E-state index >= 15 is 0 Å². The van der Waals surface area contributed by atoms with E-state index in [2.05, 4.69) is 4.74 Å². The summed E-state index contributed by atoms with van der Waals surface area (Å²) < 4.78 is 56.7. The monoisotopic (exact) mass is 287 g/mol. The van der Waals surface area contributed by atoms with Crippen molar-refractivity contribution < 1.29 is 27.1 Å². The number of hydrogen-bond donors (Lipinski definition) is 0. The Balaban J connectivity index is 2.72. The van der Waals surface area contributed by atoms with Crippen LogP contribution < -0.4 is 0 Å². The molecule has 2 rings (SSSR count). The number of benzene rings is 1. The van der Waals surface area contributed by atoms with Crippen molar-refractivity contribution in [1.29, 1.82) is 5.26 Å². The maximum Gasteiger partial charge on any atom is 0.419 e. The average Bonchev–Trinajstić information content (AvgIpc) is 3.16. The summed E-state index contributed by atoms with van der Waals surface area (Å²) >= 11 is 0. The first-order valence-electron chi connectivity index (χ1n) is 5.66. The van der Waals surface area contributed by atoms with Crippen LogP contribution in [0.2, 0.25) is 0 Å². The molecule has 106 valence electrons. The maximum atomic E-state index is 14.2. The lowest BCUT2D eigenvalue weighted by Gasteiger charge is -2.17. The number of methoxy groups -OCH3 is 1. The summed E-state index contributed by atoms with van der Waals surface area (Å²) in [6, 6.07) is 3.13. The van der Waals surface area contributed by atoms with Crippen molar-refractivity contribution in [3.05, 3.63) is 34.6 Å². The molecule has 0 atom stereocenters. The van der Waals surface area contributed by atoms with Crippen LogP contribution in [0, 0.1) is 17.1 Å². The average molecular weight is 287 g/mol. The molecule has 0 aromatic heterocycles. The maximum absolute atomic E-state index is 14.2. The molecule has 0 saturated heterocycles. The Hall–Kier alpha value is -2.10. The van der Waals surface area contributed by atoms with Crippen LogP contribution in [0.4, 0.5) is 17.6 Å². The van der Waals surface area contributed by atoms with Gasteiger partial charge in [0.25, 0.3) is 0 Å². The Morgan fingerprint density at radius 3 is 2.40 bits per heavy atom. The van der Waals surface area contributed by atoms with Crippen LogP contribution in [0.3, 0.4) is 0 Å². The number of nitriles is 1. The van der Waals surface area contributed by atoms with Crippen LogP contribution in [0.5, 0.6) is 0 Å². The minimum absolute atomic E-state index is 0.214. The largest absolute Gasteiger partial charge is 0.465 e. The zero-order valence-corrected chi connectivity index (χ0v) is 10.3. The molecular weight excluding hydrogens is 278 g/mol. The molecule has 0 amide bonds. The molecule has 0 N–H and O–H groups in total. The summed E-state index contributed by atoms with van der Waals surface area (Å²) in [5.74, 6) is -2.53. The second kappa shape index (κ2) is 4.47. The summed E-state index contributed by atoms with van der Waals surface area (Å²) in [5, 5.41) is 9.06. The number of nitrogens with zero attached hydrogens (tertiary/aromatic N) is 1. The van der Waals surface area contributed by atoms with Crippen LogP contribution in [0.15, 0.2) is 12.1 Å². The Bertz CT molecular complexity index is 612. The number of alkyl halides is 3. The first-order chi connectivity index (χ1) is 9.27. The fourth-order valence-electron chi connectivity index (χ4n) is 2.09. The van der Waals surface area contributed by atoms with Gasteiger partial charge in [-0.25, -0.2) is 9.18 Å². The second-order valence-electron chi connectivity index (χ2n) is 4.53. The van der Waals surface area contributed by atoms with Crippen molar-refractivity contribution in [3.8, 4) is 6.07 Å². The van der Waals surface area contributed by atoms with E-state index < -0.39 is 34.5 Å². The quantitative estimate of drug-likeness (QED) is 0.620. The third-order valence-corrected chi connectivity index (χ3v) is 3.30. The standard InChI is InChI=1S/C13H9F4NO2/c1-20-11(19)7-2-3-8(13(15,16)17)10(14)9(7)12(6-18)4-5-12/h2-3H,4-5H2,1H3. The Labute approximate surface area is 111 Å². The van der Waals surface area contributed by atoms with Crippen molar-refractivity contribution in [2.45, 2.75) is 24.4 Å². The van der Waals surface area contributed by atoms with Gasteiger partial charge >= 0.3 is 12.1 Å². The minimum Gasteiger partial charge on any atom is -0.465 e. The summed E-state index contributed by atoms with van der Waals surface area (Å²) in [6.07, 6.45) is -4.46. The molecular formula is C13H9F4NO2. The predicted octanol–water partition coefficient (Wildman–Crippen LogP) is 3.19. The molecule has 0 spiro atoms. The van der Waals surface area contributed by atoms with Crippen LogP contribution in [0.25, 0.3) is 0 Å². The number of halogens is 4. The number of carbonyl (C=O) groups excluding carboxylic acids is 1. The molecule has 0 radical (unpaired) electrons. The third kappa shape index (κ3) is 2.11. The number of esters is 1. The fourth-order valence-corrected chi connectivity index (χ4v) is 2.09. The molecule has 1 fully saturated rings. The molecule has 20 heavy (non-hydrogen) atoms. The molecule has 0 bridgehead atoms. The molecule has 1 aromatic carbocycles. The van der Waals surface area contributed by atoms with Gasteiger partial charge in [0.05, 0.1) is 29.7 Å². The van der Waals surface area contributed by atoms with Gasteiger partial charge in [-0.1, -0.05) is 0 Å². The lowest BCUT2D eigenvalue weighted by molar-refractivity contribution is -0.140. The first kappa shape index (κ1) is 14.3. The van der Waals surface area contributed by atoms with Crippen molar-refractivity contribution in [2.24, 2.45) is 0 Å². The molecule has 1 aliphatic rings. The topological polar surface area (TPSA) is 50.1 Å². The van der Waals surface area contributed by atoms with Gasteiger partial charge in [0.15, 0.2) is 0 Å². The van der Waals surface area contributed by atoms with Crippen molar-refractivity contribution in [1.82, 2.24) is 0 Å². The number of hydrogen-bond acceptors (Lipinski definition) is 3. The number of carbonyl (C=O) groups is 1. The third-order valence-electron chi connectivity index (χ3n) is 3.30. The normalized spacial score (nSPS) is 16.4. The molecule has 1 aromatic rings. The molecule has 1 aliphatic carbocycles. The molecule has 0 unspecified atom stereocenters.